The molecular weight excluding hydrogens is 296 g/mol. The minimum absolute atomic E-state index is 0.400. The van der Waals surface area contributed by atoms with E-state index in [4.69, 9.17) is 0 Å². The highest BCUT2D eigenvalue weighted by Gasteiger charge is 2.26. The Morgan fingerprint density at radius 1 is 1.26 bits per heavy atom. The summed E-state index contributed by atoms with van der Waals surface area (Å²) in [4.78, 5) is -0.400. The molecule has 0 saturated heterocycles. The second kappa shape index (κ2) is 6.95. The highest BCUT2D eigenvalue weighted by atomic mass is 32.2. The first-order chi connectivity index (χ1) is 8.84. The smallest absolute Gasteiger partial charge is 0.341 e. The van der Waals surface area contributed by atoms with E-state index >= 15 is 0 Å². The van der Waals surface area contributed by atoms with Gasteiger partial charge in [0.1, 0.15) is 0 Å². The predicted octanol–water partition coefficient (Wildman–Crippen LogP) is 1.86. The van der Waals surface area contributed by atoms with Crippen molar-refractivity contribution in [2.75, 3.05) is 23.9 Å². The minimum Gasteiger partial charge on any atom is -0.385 e. The molecule has 1 N–H and O–H groups in total. The number of sulfone groups is 1. The average Bonchev–Trinajstić information content (AvgIpc) is 2.35. The summed E-state index contributed by atoms with van der Waals surface area (Å²) in [5.41, 5.74) is 0.634. The van der Waals surface area contributed by atoms with Crippen molar-refractivity contribution in [1.29, 1.82) is 0 Å². The van der Waals surface area contributed by atoms with Crippen LogP contribution in [0.1, 0.15) is 6.42 Å². The first-order valence-corrected chi connectivity index (χ1v) is 8.77. The number of rotatable bonds is 7. The van der Waals surface area contributed by atoms with E-state index in [9.17, 15) is 21.4 Å². The average molecular weight is 311 g/mol. The Kier molecular flexibility index (Phi) is 5.86. The third kappa shape index (κ3) is 4.87. The van der Waals surface area contributed by atoms with Gasteiger partial charge >= 0.3 is 5.76 Å². The lowest BCUT2D eigenvalue weighted by molar-refractivity contribution is 0.234. The summed E-state index contributed by atoms with van der Waals surface area (Å²) in [7, 11) is -5.38. The monoisotopic (exact) mass is 311 g/mol. The van der Waals surface area contributed by atoms with Gasteiger partial charge in [0.05, 0.1) is 4.90 Å². The first kappa shape index (κ1) is 16.0. The van der Waals surface area contributed by atoms with E-state index in [1.807, 2.05) is 0 Å². The van der Waals surface area contributed by atoms with Gasteiger partial charge in [-0.1, -0.05) is 0 Å². The molecular formula is C11H15F2NO3S2. The molecule has 0 aromatic heterocycles. The normalized spacial score (nSPS) is 13.5. The summed E-state index contributed by atoms with van der Waals surface area (Å²) in [6.07, 6.45) is 2.32. The lowest BCUT2D eigenvalue weighted by Gasteiger charge is -2.07. The van der Waals surface area contributed by atoms with Crippen molar-refractivity contribution in [3.63, 3.8) is 0 Å². The highest BCUT2D eigenvalue weighted by molar-refractivity contribution is 7.91. The fraction of sp³-hybridized carbons (Fsp3) is 0.455. The molecule has 0 spiro atoms. The zero-order chi connectivity index (χ0) is 14.5. The maximum absolute atomic E-state index is 12.3. The summed E-state index contributed by atoms with van der Waals surface area (Å²) in [5.74, 6) is -2.84. The minimum atomic E-state index is -4.53. The van der Waals surface area contributed by atoms with Gasteiger partial charge in [-0.3, -0.25) is 4.21 Å². The molecule has 0 saturated carbocycles. The molecule has 1 aromatic rings. The summed E-state index contributed by atoms with van der Waals surface area (Å²) in [6, 6.07) is 5.14. The van der Waals surface area contributed by atoms with Crippen LogP contribution in [-0.2, 0) is 20.6 Å². The first-order valence-electron chi connectivity index (χ1n) is 5.50. The molecule has 19 heavy (non-hydrogen) atoms. The quantitative estimate of drug-likeness (QED) is 0.781. The van der Waals surface area contributed by atoms with Gasteiger partial charge in [0, 0.05) is 35.0 Å². The number of anilines is 1. The second-order valence-electron chi connectivity index (χ2n) is 3.89. The van der Waals surface area contributed by atoms with Crippen LogP contribution in [0.2, 0.25) is 0 Å². The van der Waals surface area contributed by atoms with Crippen molar-refractivity contribution in [2.24, 2.45) is 0 Å². The van der Waals surface area contributed by atoms with Crippen LogP contribution >= 0.6 is 0 Å². The van der Waals surface area contributed by atoms with Crippen LogP contribution in [0, 0.1) is 0 Å². The van der Waals surface area contributed by atoms with Gasteiger partial charge < -0.3 is 5.32 Å². The highest BCUT2D eigenvalue weighted by Crippen LogP contribution is 2.20. The molecule has 1 unspecified atom stereocenters. The second-order valence-corrected chi connectivity index (χ2v) is 7.36. The van der Waals surface area contributed by atoms with Gasteiger partial charge in [-0.2, -0.15) is 8.78 Å². The van der Waals surface area contributed by atoms with Crippen LogP contribution in [0.3, 0.4) is 0 Å². The van der Waals surface area contributed by atoms with E-state index in [1.165, 1.54) is 12.1 Å². The van der Waals surface area contributed by atoms with Crippen molar-refractivity contribution in [3.05, 3.63) is 24.3 Å². The number of hydrogen-bond donors (Lipinski definition) is 1. The Labute approximate surface area is 113 Å². The van der Waals surface area contributed by atoms with E-state index in [1.54, 1.807) is 6.26 Å². The Morgan fingerprint density at radius 3 is 2.32 bits per heavy atom. The van der Waals surface area contributed by atoms with Gasteiger partial charge in [-0.15, -0.1) is 0 Å². The van der Waals surface area contributed by atoms with Crippen molar-refractivity contribution in [1.82, 2.24) is 0 Å². The third-order valence-corrected chi connectivity index (χ3v) is 4.62. The molecule has 1 aromatic carbocycles. The Morgan fingerprint density at radius 2 is 1.84 bits per heavy atom. The third-order valence-electron chi connectivity index (χ3n) is 2.36. The molecule has 8 heteroatoms. The van der Waals surface area contributed by atoms with Gasteiger partial charge in [-0.25, -0.2) is 8.42 Å². The van der Waals surface area contributed by atoms with Crippen LogP contribution in [-0.4, -0.2) is 36.9 Å². The molecule has 0 bridgehead atoms. The molecule has 1 atom stereocenters. The van der Waals surface area contributed by atoms with Gasteiger partial charge in [0.2, 0.25) is 9.84 Å². The Balaban J connectivity index is 2.60. The summed E-state index contributed by atoms with van der Waals surface area (Å²) in [5, 5.41) is 2.99. The molecule has 0 radical (unpaired) electrons. The number of halogens is 2. The molecule has 4 nitrogen and oxygen atoms in total. The standard InChI is InChI=1S/C11H15F2NO3S2/c1-18(15)8-2-7-14-9-3-5-10(6-4-9)19(16,17)11(12)13/h3-6,11,14H,2,7-8H2,1H3. The van der Waals surface area contributed by atoms with E-state index in [0.29, 0.717) is 24.4 Å². The molecule has 0 amide bonds. The number of benzene rings is 1. The van der Waals surface area contributed by atoms with E-state index in [-0.39, 0.29) is 0 Å². The number of alkyl halides is 2. The van der Waals surface area contributed by atoms with Crippen molar-refractivity contribution in [2.45, 2.75) is 17.1 Å². The lowest BCUT2D eigenvalue weighted by Crippen LogP contribution is -2.11. The topological polar surface area (TPSA) is 63.2 Å². The van der Waals surface area contributed by atoms with Crippen LogP contribution in [0.4, 0.5) is 14.5 Å². The van der Waals surface area contributed by atoms with Crippen molar-refractivity contribution in [3.8, 4) is 0 Å². The van der Waals surface area contributed by atoms with E-state index in [2.05, 4.69) is 5.32 Å². The van der Waals surface area contributed by atoms with Crippen molar-refractivity contribution < 1.29 is 21.4 Å². The molecule has 0 aliphatic rings. The van der Waals surface area contributed by atoms with Crippen LogP contribution in [0.25, 0.3) is 0 Å². The number of nitrogens with one attached hydrogen (secondary N) is 1. The van der Waals surface area contributed by atoms with Crippen LogP contribution < -0.4 is 5.32 Å². The maximum atomic E-state index is 12.3. The molecule has 0 fully saturated rings. The largest absolute Gasteiger partial charge is 0.385 e. The molecule has 1 rings (SSSR count). The van der Waals surface area contributed by atoms with Crippen molar-refractivity contribution >= 4 is 26.3 Å². The molecule has 108 valence electrons. The SMILES string of the molecule is CS(=O)CCCNc1ccc(S(=O)(=O)C(F)F)cc1. The maximum Gasteiger partial charge on any atom is 0.341 e. The predicted molar refractivity (Wildman–Crippen MR) is 71.7 cm³/mol. The summed E-state index contributed by atoms with van der Waals surface area (Å²) >= 11 is 0. The Bertz CT molecular complexity index is 529. The van der Waals surface area contributed by atoms with Gasteiger partial charge in [-0.05, 0) is 30.7 Å². The van der Waals surface area contributed by atoms with E-state index < -0.39 is 31.3 Å². The fourth-order valence-corrected chi connectivity index (χ4v) is 2.65. The van der Waals surface area contributed by atoms with Gasteiger partial charge in [0.25, 0.3) is 0 Å². The molecule has 0 heterocycles. The van der Waals surface area contributed by atoms with Gasteiger partial charge in [0.15, 0.2) is 0 Å². The zero-order valence-corrected chi connectivity index (χ0v) is 11.9. The molecule has 0 aliphatic carbocycles. The van der Waals surface area contributed by atoms with Crippen LogP contribution in [0.15, 0.2) is 29.2 Å². The Hall–Kier alpha value is -1.02. The summed E-state index contributed by atoms with van der Waals surface area (Å²) < 4.78 is 57.7. The number of hydrogen-bond acceptors (Lipinski definition) is 4. The lowest BCUT2D eigenvalue weighted by atomic mass is 10.3. The van der Waals surface area contributed by atoms with E-state index in [0.717, 1.165) is 12.1 Å². The summed E-state index contributed by atoms with van der Waals surface area (Å²) in [6.45, 7) is 0.584. The zero-order valence-electron chi connectivity index (χ0n) is 10.3. The fourth-order valence-electron chi connectivity index (χ4n) is 1.37. The molecule has 0 aliphatic heterocycles. The van der Waals surface area contributed by atoms with Crippen LogP contribution in [0.5, 0.6) is 0 Å².